The van der Waals surface area contributed by atoms with Gasteiger partial charge in [0.25, 0.3) is 0 Å². The molecule has 1 aliphatic rings. The molecule has 5 heteroatoms. The molecule has 1 fully saturated rings. The van der Waals surface area contributed by atoms with Crippen molar-refractivity contribution in [2.75, 3.05) is 24.1 Å². The van der Waals surface area contributed by atoms with Gasteiger partial charge in [0.1, 0.15) is 5.82 Å². The molecule has 0 aromatic heterocycles. The second-order valence-electron chi connectivity index (χ2n) is 6.64. The predicted octanol–water partition coefficient (Wildman–Crippen LogP) is 2.86. The van der Waals surface area contributed by atoms with Crippen molar-refractivity contribution in [2.24, 2.45) is 5.41 Å². The van der Waals surface area contributed by atoms with E-state index in [1.807, 2.05) is 6.92 Å². The van der Waals surface area contributed by atoms with Gasteiger partial charge in [-0.25, -0.2) is 4.39 Å². The minimum absolute atomic E-state index is 0.142. The van der Waals surface area contributed by atoms with Crippen molar-refractivity contribution in [3.05, 3.63) is 24.0 Å². The fourth-order valence-electron chi connectivity index (χ4n) is 2.84. The lowest BCUT2D eigenvalue weighted by atomic mass is 9.83. The highest BCUT2D eigenvalue weighted by Crippen LogP contribution is 2.29. The number of nitrogens with one attached hydrogen (secondary N) is 1. The summed E-state index contributed by atoms with van der Waals surface area (Å²) in [6.07, 6.45) is 2.25. The zero-order valence-corrected chi connectivity index (χ0v) is 12.9. The molecule has 2 rings (SSSR count). The lowest BCUT2D eigenvalue weighted by Gasteiger charge is -2.40. The van der Waals surface area contributed by atoms with Crippen LogP contribution in [0.4, 0.5) is 15.8 Å². The molecule has 3 N–H and O–H groups in total. The van der Waals surface area contributed by atoms with Crippen molar-refractivity contribution in [3.63, 3.8) is 0 Å². The Morgan fingerprint density at radius 1 is 1.48 bits per heavy atom. The third-order valence-corrected chi connectivity index (χ3v) is 4.11. The van der Waals surface area contributed by atoms with E-state index in [9.17, 15) is 9.18 Å². The van der Waals surface area contributed by atoms with Crippen LogP contribution in [0.15, 0.2) is 18.2 Å². The van der Waals surface area contributed by atoms with Crippen LogP contribution in [0, 0.1) is 11.2 Å². The summed E-state index contributed by atoms with van der Waals surface area (Å²) < 4.78 is 13.7. The lowest BCUT2D eigenvalue weighted by molar-refractivity contribution is -0.121. The number of halogens is 1. The zero-order valence-electron chi connectivity index (χ0n) is 12.9. The monoisotopic (exact) mass is 293 g/mol. The van der Waals surface area contributed by atoms with Crippen molar-refractivity contribution in [1.29, 1.82) is 0 Å². The van der Waals surface area contributed by atoms with E-state index < -0.39 is 5.82 Å². The number of nitrogen functional groups attached to an aromatic ring is 1. The Hall–Kier alpha value is -1.62. The summed E-state index contributed by atoms with van der Waals surface area (Å²) in [5.74, 6) is -0.666. The molecule has 1 aromatic carbocycles. The topological polar surface area (TPSA) is 58.4 Å². The number of carbonyl (C=O) groups excluding carboxylic acids is 1. The van der Waals surface area contributed by atoms with Crippen LogP contribution in [0.5, 0.6) is 0 Å². The van der Waals surface area contributed by atoms with Gasteiger partial charge < -0.3 is 11.1 Å². The highest BCUT2D eigenvalue weighted by atomic mass is 19.1. The summed E-state index contributed by atoms with van der Waals surface area (Å²) >= 11 is 0. The standard InChI is InChI=1S/C16H24FN3O/c1-11(20-8-4-7-16(2,3)10-20)15(21)19-14-9-12(18)5-6-13(14)17/h5-6,9,11H,4,7-8,10,18H2,1-3H3,(H,19,21). The van der Waals surface area contributed by atoms with Crippen LogP contribution >= 0.6 is 0 Å². The van der Waals surface area contributed by atoms with Gasteiger partial charge in [0.05, 0.1) is 11.7 Å². The van der Waals surface area contributed by atoms with Gasteiger partial charge in [-0.1, -0.05) is 13.8 Å². The molecule has 1 heterocycles. The van der Waals surface area contributed by atoms with Crippen LogP contribution < -0.4 is 11.1 Å². The number of carbonyl (C=O) groups is 1. The second-order valence-corrected chi connectivity index (χ2v) is 6.64. The van der Waals surface area contributed by atoms with Gasteiger partial charge in [0, 0.05) is 12.2 Å². The SMILES string of the molecule is CC(C(=O)Nc1cc(N)ccc1F)N1CCCC(C)(C)C1. The fourth-order valence-corrected chi connectivity index (χ4v) is 2.84. The largest absolute Gasteiger partial charge is 0.399 e. The summed E-state index contributed by atoms with van der Waals surface area (Å²) in [5, 5.41) is 2.64. The molecule has 4 nitrogen and oxygen atoms in total. The van der Waals surface area contributed by atoms with Crippen molar-refractivity contribution in [3.8, 4) is 0 Å². The van der Waals surface area contributed by atoms with Crippen LogP contribution in [0.1, 0.15) is 33.6 Å². The van der Waals surface area contributed by atoms with Gasteiger partial charge >= 0.3 is 0 Å². The predicted molar refractivity (Wildman–Crippen MR) is 83.5 cm³/mol. The third kappa shape index (κ3) is 3.94. The van der Waals surface area contributed by atoms with E-state index in [1.54, 1.807) is 0 Å². The first-order valence-electron chi connectivity index (χ1n) is 7.38. The lowest BCUT2D eigenvalue weighted by Crippen LogP contribution is -2.49. The van der Waals surface area contributed by atoms with Crippen LogP contribution in [-0.4, -0.2) is 29.9 Å². The molecule has 0 bridgehead atoms. The van der Waals surface area contributed by atoms with Gasteiger partial charge in [-0.05, 0) is 49.9 Å². The first-order chi connectivity index (χ1) is 9.78. The Kier molecular flexibility index (Phi) is 4.52. The normalized spacial score (nSPS) is 20.0. The Balaban J connectivity index is 2.04. The quantitative estimate of drug-likeness (QED) is 0.843. The molecular weight excluding hydrogens is 269 g/mol. The highest BCUT2D eigenvalue weighted by Gasteiger charge is 2.31. The van der Waals surface area contributed by atoms with E-state index in [4.69, 9.17) is 5.73 Å². The van der Waals surface area contributed by atoms with Crippen LogP contribution in [-0.2, 0) is 4.79 Å². The van der Waals surface area contributed by atoms with E-state index >= 15 is 0 Å². The van der Waals surface area contributed by atoms with Crippen LogP contribution in [0.3, 0.4) is 0 Å². The number of likely N-dealkylation sites (tertiary alicyclic amines) is 1. The Bertz CT molecular complexity index is 530. The molecule has 1 aliphatic heterocycles. The molecule has 0 aliphatic carbocycles. The Morgan fingerprint density at radius 2 is 2.19 bits per heavy atom. The molecule has 0 saturated carbocycles. The van der Waals surface area contributed by atoms with Crippen LogP contribution in [0.25, 0.3) is 0 Å². The molecule has 1 aromatic rings. The number of hydrogen-bond acceptors (Lipinski definition) is 3. The molecule has 21 heavy (non-hydrogen) atoms. The minimum atomic E-state index is -0.469. The first kappa shape index (κ1) is 15.8. The number of hydrogen-bond donors (Lipinski definition) is 2. The minimum Gasteiger partial charge on any atom is -0.399 e. The molecule has 1 amide bonds. The molecule has 116 valence electrons. The number of anilines is 2. The average Bonchev–Trinajstić information content (AvgIpc) is 2.41. The molecule has 0 radical (unpaired) electrons. The first-order valence-corrected chi connectivity index (χ1v) is 7.38. The number of piperidine rings is 1. The highest BCUT2D eigenvalue weighted by molar-refractivity contribution is 5.95. The number of benzene rings is 1. The molecular formula is C16H24FN3O. The number of rotatable bonds is 3. The summed E-state index contributed by atoms with van der Waals surface area (Å²) in [7, 11) is 0. The summed E-state index contributed by atoms with van der Waals surface area (Å²) in [5.41, 5.74) is 6.42. The smallest absolute Gasteiger partial charge is 0.241 e. The van der Waals surface area contributed by atoms with Crippen molar-refractivity contribution in [1.82, 2.24) is 4.90 Å². The molecule has 0 spiro atoms. The van der Waals surface area contributed by atoms with E-state index in [2.05, 4.69) is 24.1 Å². The summed E-state index contributed by atoms with van der Waals surface area (Å²) in [4.78, 5) is 14.5. The van der Waals surface area contributed by atoms with Gasteiger partial charge in [0.15, 0.2) is 0 Å². The Morgan fingerprint density at radius 3 is 2.86 bits per heavy atom. The average molecular weight is 293 g/mol. The third-order valence-electron chi connectivity index (χ3n) is 4.11. The van der Waals surface area contributed by atoms with Gasteiger partial charge in [0.2, 0.25) is 5.91 Å². The van der Waals surface area contributed by atoms with Crippen molar-refractivity contribution >= 4 is 17.3 Å². The maximum atomic E-state index is 13.7. The van der Waals surface area contributed by atoms with E-state index in [0.717, 1.165) is 19.5 Å². The maximum Gasteiger partial charge on any atom is 0.241 e. The van der Waals surface area contributed by atoms with Gasteiger partial charge in [-0.3, -0.25) is 9.69 Å². The van der Waals surface area contributed by atoms with Crippen LogP contribution in [0.2, 0.25) is 0 Å². The number of amides is 1. The van der Waals surface area contributed by atoms with Gasteiger partial charge in [-0.2, -0.15) is 0 Å². The van der Waals surface area contributed by atoms with Crippen molar-refractivity contribution < 1.29 is 9.18 Å². The fraction of sp³-hybridized carbons (Fsp3) is 0.562. The Labute approximate surface area is 125 Å². The van der Waals surface area contributed by atoms with Gasteiger partial charge in [-0.15, -0.1) is 0 Å². The number of nitrogens with zero attached hydrogens (tertiary/aromatic N) is 1. The summed E-state index contributed by atoms with van der Waals surface area (Å²) in [6, 6.07) is 3.90. The van der Waals surface area contributed by atoms with E-state index in [-0.39, 0.29) is 23.1 Å². The van der Waals surface area contributed by atoms with E-state index in [0.29, 0.717) is 5.69 Å². The molecule has 1 atom stereocenters. The summed E-state index contributed by atoms with van der Waals surface area (Å²) in [6.45, 7) is 8.06. The molecule has 1 unspecified atom stereocenters. The van der Waals surface area contributed by atoms with Crippen molar-refractivity contribution in [2.45, 2.75) is 39.7 Å². The zero-order chi connectivity index (χ0) is 15.6. The second kappa shape index (κ2) is 6.02. The molecule has 1 saturated heterocycles. The number of nitrogens with two attached hydrogens (primary N) is 1. The van der Waals surface area contributed by atoms with E-state index in [1.165, 1.54) is 24.6 Å². The maximum absolute atomic E-state index is 13.7.